The molecule has 2 atom stereocenters. The maximum absolute atomic E-state index is 13.4. The number of aliphatic carboxylic acids is 1. The molecule has 0 saturated carbocycles. The summed E-state index contributed by atoms with van der Waals surface area (Å²) >= 11 is 4.25. The van der Waals surface area contributed by atoms with Crippen molar-refractivity contribution in [3.05, 3.63) is 68.9 Å². The number of imidazole rings is 1. The van der Waals surface area contributed by atoms with Crippen LogP contribution in [0.25, 0.3) is 5.65 Å². The number of ketones is 1. The second-order valence-electron chi connectivity index (χ2n) is 11.8. The zero-order chi connectivity index (χ0) is 33.5. The summed E-state index contributed by atoms with van der Waals surface area (Å²) in [7, 11) is 1.32. The highest BCUT2D eigenvalue weighted by Gasteiger charge is 2.54. The predicted molar refractivity (Wildman–Crippen MR) is 182 cm³/mol. The highest BCUT2D eigenvalue weighted by Crippen LogP contribution is 2.45. The first-order valence-electron chi connectivity index (χ1n) is 15.5. The third-order valence-electron chi connectivity index (χ3n) is 8.84. The number of hydrogen-bond acceptors (Lipinski definition) is 11. The van der Waals surface area contributed by atoms with Gasteiger partial charge in [0.2, 0.25) is 5.91 Å². The second kappa shape index (κ2) is 13.2. The first-order chi connectivity index (χ1) is 23.2. The van der Waals surface area contributed by atoms with Crippen molar-refractivity contribution in [2.75, 3.05) is 31.7 Å². The third-order valence-corrected chi connectivity index (χ3v) is 11.8. The van der Waals surface area contributed by atoms with Crippen molar-refractivity contribution >= 4 is 74.4 Å². The van der Waals surface area contributed by atoms with E-state index in [2.05, 4.69) is 31.1 Å². The monoisotopic (exact) mass is 708 g/mol. The molecule has 0 aromatic carbocycles. The highest BCUT2D eigenvalue weighted by atomic mass is 32.2. The van der Waals surface area contributed by atoms with E-state index in [-0.39, 0.29) is 35.2 Å². The number of amidine groups is 1. The van der Waals surface area contributed by atoms with Crippen LogP contribution in [0.3, 0.4) is 0 Å². The lowest BCUT2D eigenvalue weighted by atomic mass is 9.89. The number of hydrogen-bond donors (Lipinski definition) is 3. The van der Waals surface area contributed by atoms with Gasteiger partial charge in [-0.05, 0) is 30.9 Å². The molecule has 250 valence electrons. The van der Waals surface area contributed by atoms with Crippen LogP contribution in [0.4, 0.5) is 5.13 Å². The molecule has 0 unspecified atom stereocenters. The molecule has 14 nitrogen and oxygen atoms in total. The minimum atomic E-state index is -1.18. The summed E-state index contributed by atoms with van der Waals surface area (Å²) in [5.74, 6) is -1.73. The first-order valence-corrected chi connectivity index (χ1v) is 18.3. The molecule has 4 aromatic rings. The van der Waals surface area contributed by atoms with Crippen LogP contribution < -0.4 is 10.3 Å². The number of thioether (sulfide) groups is 1. The summed E-state index contributed by atoms with van der Waals surface area (Å²) in [6.45, 7) is 2.80. The number of thiophene rings is 1. The molecule has 0 bridgehead atoms. The van der Waals surface area contributed by atoms with Crippen LogP contribution in [0, 0.1) is 11.3 Å². The number of β-lactam (4-membered cyclic amide) rings is 1. The van der Waals surface area contributed by atoms with Gasteiger partial charge in [0.25, 0.3) is 0 Å². The summed E-state index contributed by atoms with van der Waals surface area (Å²) in [6.07, 6.45) is 9.16. The Bertz CT molecular complexity index is 1980. The van der Waals surface area contributed by atoms with Gasteiger partial charge < -0.3 is 20.6 Å². The minimum Gasteiger partial charge on any atom is -0.477 e. The fourth-order valence-electron chi connectivity index (χ4n) is 6.52. The van der Waals surface area contributed by atoms with Gasteiger partial charge in [0.1, 0.15) is 37.1 Å². The first kappa shape index (κ1) is 32.1. The number of carbonyl (C=O) groups is 3. The Hall–Kier alpha value is -4.48. The fraction of sp³-hybridized carbons (Fsp3) is 0.387. The van der Waals surface area contributed by atoms with Gasteiger partial charge in [0, 0.05) is 46.5 Å². The van der Waals surface area contributed by atoms with E-state index < -0.39 is 29.0 Å². The number of carboxylic acid groups (broad SMARTS) is 1. The summed E-state index contributed by atoms with van der Waals surface area (Å²) < 4.78 is 6.01. The van der Waals surface area contributed by atoms with E-state index in [0.717, 1.165) is 53.4 Å². The van der Waals surface area contributed by atoms with E-state index in [1.807, 2.05) is 33.9 Å². The van der Waals surface area contributed by atoms with E-state index in [1.165, 1.54) is 30.2 Å². The number of amides is 1. The molecule has 2 saturated heterocycles. The van der Waals surface area contributed by atoms with Crippen molar-refractivity contribution in [3.63, 3.8) is 0 Å². The number of anilines is 1. The van der Waals surface area contributed by atoms with Crippen LogP contribution in [0.5, 0.6) is 0 Å². The van der Waals surface area contributed by atoms with Gasteiger partial charge >= 0.3 is 11.6 Å². The predicted octanol–water partition coefficient (Wildman–Crippen LogP) is 2.87. The van der Waals surface area contributed by atoms with Crippen molar-refractivity contribution in [1.82, 2.24) is 24.0 Å². The smallest absolute Gasteiger partial charge is 0.352 e. The van der Waals surface area contributed by atoms with Crippen molar-refractivity contribution in [1.29, 1.82) is 5.41 Å². The normalized spacial score (nSPS) is 19.9. The molecule has 0 spiro atoms. The van der Waals surface area contributed by atoms with E-state index >= 15 is 0 Å². The minimum absolute atomic E-state index is 0.0239. The zero-order valence-electron chi connectivity index (χ0n) is 26.1. The highest BCUT2D eigenvalue weighted by molar-refractivity contribution is 8.00. The van der Waals surface area contributed by atoms with Crippen LogP contribution in [0.15, 0.2) is 57.9 Å². The number of nitrogens with two attached hydrogens (primary N) is 1. The molecule has 4 N–H and O–H groups in total. The number of fused-ring (bicyclic) bond motifs is 2. The SMILES string of the molecule is CO/N=C(\C(=O)C[C@@H]1C(=O)N2C(C(=O)O)=C(Cn3ccc4n3cc[n+]4Cc3cc(C(=N)N4CCCCC4)cs3)CS[C@H]12)c1csc(N)n1. The Morgan fingerprint density at radius 2 is 2.02 bits per heavy atom. The molecular formula is C31H34N9O5S3+. The third kappa shape index (κ3) is 5.90. The van der Waals surface area contributed by atoms with Crippen molar-refractivity contribution in [2.24, 2.45) is 11.1 Å². The molecule has 3 aliphatic heterocycles. The lowest BCUT2D eigenvalue weighted by Gasteiger charge is -2.49. The van der Waals surface area contributed by atoms with Gasteiger partial charge in [-0.15, -0.1) is 39.0 Å². The van der Waals surface area contributed by atoms with Gasteiger partial charge in [0.15, 0.2) is 22.8 Å². The number of likely N-dealkylation sites (tertiary alicyclic amines) is 1. The van der Waals surface area contributed by atoms with E-state index in [1.54, 1.807) is 16.7 Å². The van der Waals surface area contributed by atoms with Gasteiger partial charge in [-0.25, -0.2) is 19.0 Å². The second-order valence-corrected chi connectivity index (χ2v) is 14.8. The van der Waals surface area contributed by atoms with Crippen LogP contribution in [0.1, 0.15) is 41.8 Å². The largest absolute Gasteiger partial charge is 0.477 e. The van der Waals surface area contributed by atoms with Crippen molar-refractivity contribution in [3.8, 4) is 0 Å². The van der Waals surface area contributed by atoms with Crippen LogP contribution >= 0.6 is 34.4 Å². The molecule has 0 radical (unpaired) electrons. The topological polar surface area (TPSA) is 175 Å². The molecule has 48 heavy (non-hydrogen) atoms. The van der Waals surface area contributed by atoms with Gasteiger partial charge in [-0.3, -0.25) is 19.9 Å². The molecule has 3 aliphatic rings. The van der Waals surface area contributed by atoms with Gasteiger partial charge in [-0.2, -0.15) is 0 Å². The lowest BCUT2D eigenvalue weighted by molar-refractivity contribution is -0.661. The Morgan fingerprint density at radius 3 is 2.75 bits per heavy atom. The molecule has 7 rings (SSSR count). The average Bonchev–Trinajstić information content (AvgIpc) is 3.90. The van der Waals surface area contributed by atoms with Gasteiger partial charge in [-0.1, -0.05) is 5.16 Å². The van der Waals surface area contributed by atoms with E-state index in [0.29, 0.717) is 23.7 Å². The fourth-order valence-corrected chi connectivity index (χ4v) is 9.34. The number of oxime groups is 1. The van der Waals surface area contributed by atoms with Crippen LogP contribution in [0.2, 0.25) is 0 Å². The summed E-state index contributed by atoms with van der Waals surface area (Å²) in [5.41, 5.74) is 8.44. The van der Waals surface area contributed by atoms with Crippen molar-refractivity contribution in [2.45, 2.75) is 44.1 Å². The summed E-state index contributed by atoms with van der Waals surface area (Å²) in [6, 6.07) is 4.08. The van der Waals surface area contributed by atoms with Crippen LogP contribution in [-0.2, 0) is 32.3 Å². The zero-order valence-corrected chi connectivity index (χ0v) is 28.5. The molecule has 17 heteroatoms. The maximum atomic E-state index is 13.4. The number of piperidine rings is 1. The number of carboxylic acids is 1. The molecule has 2 fully saturated rings. The van der Waals surface area contributed by atoms with Crippen molar-refractivity contribution < 1.29 is 28.9 Å². The molecule has 0 aliphatic carbocycles. The van der Waals surface area contributed by atoms with Gasteiger partial charge in [0.05, 0.1) is 30.1 Å². The molecule has 7 heterocycles. The van der Waals surface area contributed by atoms with Crippen LogP contribution in [-0.4, -0.2) is 89.6 Å². The number of carbonyl (C=O) groups excluding carboxylic acids is 2. The number of nitrogens with one attached hydrogen (secondary N) is 1. The number of thiazole rings is 1. The number of Topliss-reactive ketones (excluding diaryl/α,β-unsaturated/α-hetero) is 1. The Morgan fingerprint density at radius 1 is 1.21 bits per heavy atom. The number of rotatable bonds is 11. The summed E-state index contributed by atoms with van der Waals surface area (Å²) in [5, 5.41) is 26.2. The average molecular weight is 709 g/mol. The lowest BCUT2D eigenvalue weighted by Crippen LogP contribution is -2.62. The van der Waals surface area contributed by atoms with E-state index in [9.17, 15) is 19.5 Å². The number of aromatic nitrogens is 4. The Kier molecular flexibility index (Phi) is 8.82. The molecule has 4 aromatic heterocycles. The Balaban J connectivity index is 1.05. The number of nitrogen functional groups attached to an aromatic ring is 1. The molecule has 1 amide bonds. The van der Waals surface area contributed by atoms with E-state index in [4.69, 9.17) is 16.0 Å². The standard InChI is InChI=1S/C31H33N9O5S3/c1-45-35-25(22-17-48-31(33)34-22)23(41)12-21-28(42)40-26(30(43)44)19(16-47-29(21)40)13-38-8-5-24-37(9-10-39(24)38)14-20-11-18(15-46-20)27(32)36-6-3-2-4-7-36/h5,8-11,15,17,21,29,32H,2-4,6-7,12-14,16H2,1H3,(H2-,33,34,43,44)/p+1/b32-27?,35-25-/t21-,29-/m1/s1. The molecular weight excluding hydrogens is 675 g/mol. The maximum Gasteiger partial charge on any atom is 0.352 e. The Labute approximate surface area is 287 Å². The number of nitrogens with zero attached hydrogens (tertiary/aromatic N) is 7. The quantitative estimate of drug-likeness (QED) is 0.0696. The summed E-state index contributed by atoms with van der Waals surface area (Å²) in [4.78, 5) is 52.7.